The topological polar surface area (TPSA) is 123 Å². The molecule has 0 amide bonds. The maximum Gasteiger partial charge on any atom is 0.316 e. The van der Waals surface area contributed by atoms with E-state index in [9.17, 15) is 25.0 Å². The SMILES string of the molecule is CCOC(=O)CSC1=NC(C)=C(C(C)=O)[C@@H](c2ccccc2[N+](=O)[O-])C1C#N. The van der Waals surface area contributed by atoms with Crippen molar-refractivity contribution in [3.8, 4) is 6.07 Å². The molecule has 1 aliphatic heterocycles. The van der Waals surface area contributed by atoms with Crippen LogP contribution in [-0.2, 0) is 14.3 Å². The standard InChI is InChI=1S/C19H19N3O5S/c1-4-27-16(24)10-28-19-14(9-20)18(17(12(3)23)11(2)21-19)13-7-5-6-8-15(13)22(25)26/h5-8,14,18H,4,10H2,1-3H3/t14?,18-/m0/s1. The van der Waals surface area contributed by atoms with Crippen molar-refractivity contribution in [1.82, 2.24) is 0 Å². The van der Waals surface area contributed by atoms with Crippen LogP contribution in [0.1, 0.15) is 32.3 Å². The average Bonchev–Trinajstić information content (AvgIpc) is 2.65. The Hall–Kier alpha value is -2.99. The quantitative estimate of drug-likeness (QED) is 0.406. The molecule has 1 aromatic carbocycles. The Morgan fingerprint density at radius 1 is 1.39 bits per heavy atom. The highest BCUT2D eigenvalue weighted by molar-refractivity contribution is 8.14. The summed E-state index contributed by atoms with van der Waals surface area (Å²) in [5.74, 6) is -2.57. The van der Waals surface area contributed by atoms with Gasteiger partial charge in [0.15, 0.2) is 5.78 Å². The van der Waals surface area contributed by atoms with Gasteiger partial charge in [0.25, 0.3) is 5.69 Å². The van der Waals surface area contributed by atoms with Gasteiger partial charge in [0.2, 0.25) is 0 Å². The van der Waals surface area contributed by atoms with E-state index in [1.165, 1.54) is 19.1 Å². The monoisotopic (exact) mass is 401 g/mol. The van der Waals surface area contributed by atoms with Crippen LogP contribution in [0.5, 0.6) is 0 Å². The molecule has 9 heteroatoms. The molecule has 1 unspecified atom stereocenters. The first-order valence-corrected chi connectivity index (χ1v) is 9.52. The first kappa shape index (κ1) is 21.3. The molecule has 0 spiro atoms. The lowest BCUT2D eigenvalue weighted by atomic mass is 9.77. The van der Waals surface area contributed by atoms with Crippen molar-refractivity contribution in [3.05, 3.63) is 51.2 Å². The molecule has 8 nitrogen and oxygen atoms in total. The maximum absolute atomic E-state index is 12.3. The first-order valence-electron chi connectivity index (χ1n) is 8.53. The number of benzene rings is 1. The highest BCUT2D eigenvalue weighted by Crippen LogP contribution is 2.44. The summed E-state index contributed by atoms with van der Waals surface area (Å²) in [5, 5.41) is 21.7. The summed E-state index contributed by atoms with van der Waals surface area (Å²) in [4.78, 5) is 39.3. The number of Topliss-reactive ketones (excluding diaryl/α,β-unsaturated/α-hetero) is 1. The highest BCUT2D eigenvalue weighted by atomic mass is 32.2. The fourth-order valence-electron chi connectivity index (χ4n) is 3.14. The van der Waals surface area contributed by atoms with Crippen LogP contribution in [0.3, 0.4) is 0 Å². The zero-order valence-electron chi connectivity index (χ0n) is 15.7. The summed E-state index contributed by atoms with van der Waals surface area (Å²) in [6.45, 7) is 4.90. The molecule has 0 aromatic heterocycles. The molecule has 1 aromatic rings. The lowest BCUT2D eigenvalue weighted by Gasteiger charge is -2.29. The molecule has 0 aliphatic carbocycles. The number of nitro groups is 1. The fourth-order valence-corrected chi connectivity index (χ4v) is 4.06. The Bertz CT molecular complexity index is 916. The van der Waals surface area contributed by atoms with Crippen molar-refractivity contribution in [1.29, 1.82) is 5.26 Å². The van der Waals surface area contributed by atoms with E-state index in [2.05, 4.69) is 11.1 Å². The molecular weight excluding hydrogens is 382 g/mol. The van der Waals surface area contributed by atoms with Crippen LogP contribution in [0.15, 0.2) is 40.5 Å². The number of thioether (sulfide) groups is 1. The number of aliphatic imine (C=N–C) groups is 1. The minimum absolute atomic E-state index is 0.0445. The highest BCUT2D eigenvalue weighted by Gasteiger charge is 2.40. The molecule has 0 bridgehead atoms. The summed E-state index contributed by atoms with van der Waals surface area (Å²) < 4.78 is 4.90. The van der Waals surface area contributed by atoms with Gasteiger partial charge in [-0.1, -0.05) is 30.0 Å². The second-order valence-electron chi connectivity index (χ2n) is 6.00. The normalized spacial score (nSPS) is 18.9. The van der Waals surface area contributed by atoms with E-state index < -0.39 is 22.7 Å². The summed E-state index contributed by atoms with van der Waals surface area (Å²) in [5.41, 5.74) is 0.749. The number of hydrogen-bond acceptors (Lipinski definition) is 8. The number of allylic oxidation sites excluding steroid dienone is 2. The van der Waals surface area contributed by atoms with Crippen LogP contribution in [0.4, 0.5) is 5.69 Å². The largest absolute Gasteiger partial charge is 0.465 e. The van der Waals surface area contributed by atoms with E-state index in [-0.39, 0.29) is 35.0 Å². The Morgan fingerprint density at radius 2 is 2.07 bits per heavy atom. The van der Waals surface area contributed by atoms with Crippen LogP contribution in [0.25, 0.3) is 0 Å². The molecule has 0 saturated carbocycles. The number of rotatable bonds is 6. The molecule has 0 radical (unpaired) electrons. The number of para-hydroxylation sites is 1. The predicted molar refractivity (Wildman–Crippen MR) is 105 cm³/mol. The molecule has 2 rings (SSSR count). The zero-order valence-corrected chi connectivity index (χ0v) is 16.5. The van der Waals surface area contributed by atoms with Gasteiger partial charge in [-0.3, -0.25) is 19.7 Å². The number of nitrogens with zero attached hydrogens (tertiary/aromatic N) is 3. The number of hydrogen-bond donors (Lipinski definition) is 0. The lowest BCUT2D eigenvalue weighted by molar-refractivity contribution is -0.385. The third-order valence-electron chi connectivity index (χ3n) is 4.21. The molecule has 28 heavy (non-hydrogen) atoms. The average molecular weight is 401 g/mol. The number of ether oxygens (including phenoxy) is 1. The van der Waals surface area contributed by atoms with E-state index in [0.717, 1.165) is 11.8 Å². The third kappa shape index (κ3) is 4.46. The van der Waals surface area contributed by atoms with E-state index in [0.29, 0.717) is 10.7 Å². The second-order valence-corrected chi connectivity index (χ2v) is 7.00. The minimum atomic E-state index is -0.928. The Morgan fingerprint density at radius 3 is 2.64 bits per heavy atom. The Balaban J connectivity index is 2.56. The number of carbonyl (C=O) groups excluding carboxylic acids is 2. The lowest BCUT2D eigenvalue weighted by Crippen LogP contribution is -2.29. The third-order valence-corrected chi connectivity index (χ3v) is 5.23. The Kier molecular flexibility index (Phi) is 7.06. The van der Waals surface area contributed by atoms with Gasteiger partial charge in [0.1, 0.15) is 5.92 Å². The number of esters is 1. The molecule has 0 saturated heterocycles. The van der Waals surface area contributed by atoms with Gasteiger partial charge < -0.3 is 4.74 Å². The van der Waals surface area contributed by atoms with Crippen molar-refractivity contribution >= 4 is 34.2 Å². The second kappa shape index (κ2) is 9.28. The van der Waals surface area contributed by atoms with E-state index in [1.54, 1.807) is 26.0 Å². The van der Waals surface area contributed by atoms with Crippen molar-refractivity contribution in [3.63, 3.8) is 0 Å². The maximum atomic E-state index is 12.3. The number of carbonyl (C=O) groups is 2. The molecule has 0 N–H and O–H groups in total. The van der Waals surface area contributed by atoms with Gasteiger partial charge in [0, 0.05) is 28.8 Å². The predicted octanol–water partition coefficient (Wildman–Crippen LogP) is 3.39. The molecule has 1 aliphatic rings. The van der Waals surface area contributed by atoms with E-state index >= 15 is 0 Å². The Labute approximate surface area is 166 Å². The molecule has 146 valence electrons. The van der Waals surface area contributed by atoms with Gasteiger partial charge in [-0.15, -0.1) is 0 Å². The number of nitriles is 1. The van der Waals surface area contributed by atoms with Gasteiger partial charge in [-0.25, -0.2) is 4.99 Å². The van der Waals surface area contributed by atoms with Gasteiger partial charge in [-0.2, -0.15) is 5.26 Å². The van der Waals surface area contributed by atoms with Crippen molar-refractivity contribution in [2.75, 3.05) is 12.4 Å². The minimum Gasteiger partial charge on any atom is -0.465 e. The number of ketones is 1. The van der Waals surface area contributed by atoms with Crippen LogP contribution >= 0.6 is 11.8 Å². The van der Waals surface area contributed by atoms with E-state index in [1.807, 2.05) is 0 Å². The first-order chi connectivity index (χ1) is 13.3. The van der Waals surface area contributed by atoms with Gasteiger partial charge in [-0.05, 0) is 20.8 Å². The van der Waals surface area contributed by atoms with Crippen molar-refractivity contribution in [2.24, 2.45) is 10.9 Å². The van der Waals surface area contributed by atoms with Crippen molar-refractivity contribution < 1.29 is 19.2 Å². The summed E-state index contributed by atoms with van der Waals surface area (Å²) in [6.07, 6.45) is 0. The molecular formula is C19H19N3O5S. The van der Waals surface area contributed by atoms with Crippen LogP contribution < -0.4 is 0 Å². The fraction of sp³-hybridized carbons (Fsp3) is 0.368. The summed E-state index contributed by atoms with van der Waals surface area (Å²) in [7, 11) is 0. The smallest absolute Gasteiger partial charge is 0.316 e. The molecule has 2 atom stereocenters. The van der Waals surface area contributed by atoms with E-state index in [4.69, 9.17) is 4.74 Å². The molecule has 1 heterocycles. The van der Waals surface area contributed by atoms with Gasteiger partial charge >= 0.3 is 5.97 Å². The van der Waals surface area contributed by atoms with Crippen molar-refractivity contribution in [2.45, 2.75) is 26.7 Å². The van der Waals surface area contributed by atoms with Crippen LogP contribution in [0, 0.1) is 27.4 Å². The molecule has 0 fully saturated rings. The zero-order chi connectivity index (χ0) is 20.8. The number of nitro benzene ring substituents is 1. The summed E-state index contributed by atoms with van der Waals surface area (Å²) in [6, 6.07) is 8.16. The van der Waals surface area contributed by atoms with Crippen LogP contribution in [-0.4, -0.2) is 34.1 Å². The summed E-state index contributed by atoms with van der Waals surface area (Å²) >= 11 is 1.05. The van der Waals surface area contributed by atoms with Crippen LogP contribution in [0.2, 0.25) is 0 Å². The van der Waals surface area contributed by atoms with Gasteiger partial charge in [0.05, 0.1) is 28.4 Å².